The first-order valence-corrected chi connectivity index (χ1v) is 9.08. The fourth-order valence-electron chi connectivity index (χ4n) is 3.26. The molecule has 116 valence electrons. The molecular weight excluding hydrogens is 310 g/mol. The summed E-state index contributed by atoms with van der Waals surface area (Å²) in [5.74, 6) is 0.360. The predicted molar refractivity (Wildman–Crippen MR) is 82.1 cm³/mol. The van der Waals surface area contributed by atoms with Gasteiger partial charge in [0.15, 0.2) is 0 Å². The van der Waals surface area contributed by atoms with E-state index in [1.165, 1.54) is 0 Å². The molecule has 2 bridgehead atoms. The monoisotopic (exact) mass is 329 g/mol. The number of benzene rings is 1. The van der Waals surface area contributed by atoms with E-state index in [-0.39, 0.29) is 11.0 Å². The lowest BCUT2D eigenvalue weighted by Gasteiger charge is -2.43. The summed E-state index contributed by atoms with van der Waals surface area (Å²) in [6.45, 7) is 6.38. The largest absolute Gasteiger partial charge is 0.301 e. The van der Waals surface area contributed by atoms with Gasteiger partial charge in [-0.3, -0.25) is 4.18 Å². The minimum atomic E-state index is -3.74. The van der Waals surface area contributed by atoms with Crippen molar-refractivity contribution in [1.29, 1.82) is 0 Å². The van der Waals surface area contributed by atoms with Gasteiger partial charge in [0.25, 0.3) is 10.1 Å². The van der Waals surface area contributed by atoms with Gasteiger partial charge in [0.2, 0.25) is 0 Å². The summed E-state index contributed by atoms with van der Waals surface area (Å²) < 4.78 is 30.7. The Kier molecular flexibility index (Phi) is 4.03. The van der Waals surface area contributed by atoms with Crippen LogP contribution >= 0.6 is 11.6 Å². The maximum atomic E-state index is 12.6. The fourth-order valence-corrected chi connectivity index (χ4v) is 4.90. The van der Waals surface area contributed by atoms with Gasteiger partial charge in [-0.2, -0.15) is 8.42 Å². The summed E-state index contributed by atoms with van der Waals surface area (Å²) >= 11 is 6.04. The Morgan fingerprint density at radius 3 is 2.43 bits per heavy atom. The molecule has 4 rings (SSSR count). The number of fused-ring (bicyclic) bond motifs is 3. The third-order valence-corrected chi connectivity index (χ3v) is 6.46. The van der Waals surface area contributed by atoms with Crippen molar-refractivity contribution in [3.63, 3.8) is 0 Å². The maximum Gasteiger partial charge on any atom is 0.297 e. The molecule has 1 atom stereocenters. The average molecular weight is 330 g/mol. The van der Waals surface area contributed by atoms with Crippen molar-refractivity contribution in [3.05, 3.63) is 28.3 Å². The van der Waals surface area contributed by atoms with Crippen molar-refractivity contribution >= 4 is 21.7 Å². The minimum absolute atomic E-state index is 0.215. The third kappa shape index (κ3) is 2.97. The number of hydrogen-bond donors (Lipinski definition) is 0. The zero-order chi connectivity index (χ0) is 15.2. The summed E-state index contributed by atoms with van der Waals surface area (Å²) in [6, 6.07) is 3.29. The zero-order valence-corrected chi connectivity index (χ0v) is 13.9. The van der Waals surface area contributed by atoms with Crippen molar-refractivity contribution in [1.82, 2.24) is 4.90 Å². The van der Waals surface area contributed by atoms with Crippen molar-refractivity contribution < 1.29 is 12.6 Å². The molecule has 1 aromatic rings. The van der Waals surface area contributed by atoms with E-state index in [0.717, 1.165) is 38.0 Å². The van der Waals surface area contributed by atoms with Crippen LogP contribution in [0.1, 0.15) is 24.0 Å². The molecule has 1 unspecified atom stereocenters. The van der Waals surface area contributed by atoms with Crippen LogP contribution < -0.4 is 0 Å². The zero-order valence-electron chi connectivity index (χ0n) is 12.3. The molecule has 1 aromatic carbocycles. The summed E-state index contributed by atoms with van der Waals surface area (Å²) in [7, 11) is -3.74. The van der Waals surface area contributed by atoms with Gasteiger partial charge in [-0.05, 0) is 69.0 Å². The number of rotatable bonds is 3. The molecule has 21 heavy (non-hydrogen) atoms. The van der Waals surface area contributed by atoms with Crippen LogP contribution in [0.25, 0.3) is 0 Å². The molecule has 3 saturated heterocycles. The average Bonchev–Trinajstić information content (AvgIpc) is 2.43. The molecule has 0 saturated carbocycles. The Labute approximate surface area is 131 Å². The van der Waals surface area contributed by atoms with Crippen molar-refractivity contribution in [2.45, 2.75) is 37.7 Å². The van der Waals surface area contributed by atoms with E-state index in [2.05, 4.69) is 4.90 Å². The van der Waals surface area contributed by atoms with Gasteiger partial charge in [-0.25, -0.2) is 0 Å². The molecule has 0 N–H and O–H groups in total. The van der Waals surface area contributed by atoms with Crippen molar-refractivity contribution in [2.75, 3.05) is 19.6 Å². The van der Waals surface area contributed by atoms with Gasteiger partial charge in [-0.15, -0.1) is 0 Å². The van der Waals surface area contributed by atoms with Crippen molar-refractivity contribution in [3.8, 4) is 0 Å². The second-order valence-corrected chi connectivity index (χ2v) is 8.04. The lowest BCUT2D eigenvalue weighted by atomic mass is 9.86. The molecule has 3 aliphatic rings. The van der Waals surface area contributed by atoms with Crippen LogP contribution in [0, 0.1) is 19.8 Å². The summed E-state index contributed by atoms with van der Waals surface area (Å²) in [5, 5.41) is 0.578. The SMILES string of the molecule is Cc1cc(S(=O)(=O)OC2CN3CCC2CC3)c(C)cc1Cl. The molecule has 3 fully saturated rings. The first-order valence-electron chi connectivity index (χ1n) is 7.29. The lowest BCUT2D eigenvalue weighted by molar-refractivity contribution is -0.00430. The molecule has 3 aliphatic heterocycles. The Hall–Kier alpha value is -0.620. The van der Waals surface area contributed by atoms with Crippen LogP contribution in [-0.2, 0) is 14.3 Å². The van der Waals surface area contributed by atoms with Crippen LogP contribution in [0.5, 0.6) is 0 Å². The van der Waals surface area contributed by atoms with Gasteiger partial charge < -0.3 is 4.90 Å². The smallest absolute Gasteiger partial charge is 0.297 e. The molecule has 0 radical (unpaired) electrons. The van der Waals surface area contributed by atoms with Gasteiger partial charge in [-0.1, -0.05) is 11.6 Å². The molecule has 0 amide bonds. The summed E-state index contributed by atoms with van der Waals surface area (Å²) in [5.41, 5.74) is 1.38. The van der Waals surface area contributed by atoms with Crippen LogP contribution in [0.15, 0.2) is 17.0 Å². The fraction of sp³-hybridized carbons (Fsp3) is 0.600. The van der Waals surface area contributed by atoms with Gasteiger partial charge in [0.1, 0.15) is 0 Å². The second-order valence-electron chi connectivity index (χ2n) is 6.09. The summed E-state index contributed by atoms with van der Waals surface area (Å²) in [4.78, 5) is 2.51. The molecule has 0 aromatic heterocycles. The highest BCUT2D eigenvalue weighted by atomic mass is 35.5. The van der Waals surface area contributed by atoms with Crippen molar-refractivity contribution in [2.24, 2.45) is 5.92 Å². The molecule has 4 nitrogen and oxygen atoms in total. The number of halogens is 1. The van der Waals surface area contributed by atoms with E-state index in [0.29, 0.717) is 16.5 Å². The first kappa shape index (κ1) is 15.3. The normalized spacial score (nSPS) is 28.8. The summed E-state index contributed by atoms with van der Waals surface area (Å²) in [6.07, 6.45) is 1.84. The number of piperidine rings is 3. The Morgan fingerprint density at radius 1 is 1.19 bits per heavy atom. The number of aryl methyl sites for hydroxylation is 2. The molecular formula is C15H20ClNO3S. The lowest BCUT2D eigenvalue weighted by Crippen LogP contribution is -2.51. The Morgan fingerprint density at radius 2 is 1.86 bits per heavy atom. The van der Waals surface area contributed by atoms with E-state index in [1.54, 1.807) is 26.0 Å². The highest BCUT2D eigenvalue weighted by Crippen LogP contribution is 2.33. The molecule has 6 heteroatoms. The third-order valence-electron chi connectivity index (χ3n) is 4.57. The Balaban J connectivity index is 1.86. The Bertz CT molecular complexity index is 651. The quantitative estimate of drug-likeness (QED) is 0.800. The standard InChI is InChI=1S/C15H20ClNO3S/c1-10-8-15(11(2)7-13(10)16)21(18,19)20-14-9-17-5-3-12(14)4-6-17/h7-8,12,14H,3-6,9H2,1-2H3. The highest BCUT2D eigenvalue weighted by Gasteiger charge is 2.38. The van der Waals surface area contributed by atoms with Gasteiger partial charge >= 0.3 is 0 Å². The van der Waals surface area contributed by atoms with Crippen LogP contribution in [0.3, 0.4) is 0 Å². The van der Waals surface area contributed by atoms with E-state index < -0.39 is 10.1 Å². The number of nitrogens with zero attached hydrogens (tertiary/aromatic N) is 1. The first-order chi connectivity index (χ1) is 9.87. The molecule has 3 heterocycles. The van der Waals surface area contributed by atoms with Crippen LogP contribution in [-0.4, -0.2) is 39.1 Å². The van der Waals surface area contributed by atoms with E-state index >= 15 is 0 Å². The maximum absolute atomic E-state index is 12.6. The van der Waals surface area contributed by atoms with E-state index in [4.69, 9.17) is 15.8 Å². The highest BCUT2D eigenvalue weighted by molar-refractivity contribution is 7.86. The van der Waals surface area contributed by atoms with Gasteiger partial charge in [0, 0.05) is 11.6 Å². The second kappa shape index (κ2) is 5.54. The minimum Gasteiger partial charge on any atom is -0.301 e. The van der Waals surface area contributed by atoms with Gasteiger partial charge in [0.05, 0.1) is 11.0 Å². The van der Waals surface area contributed by atoms with E-state index in [1.807, 2.05) is 0 Å². The number of hydrogen-bond acceptors (Lipinski definition) is 4. The molecule has 0 aliphatic carbocycles. The van der Waals surface area contributed by atoms with E-state index in [9.17, 15) is 8.42 Å². The molecule has 0 spiro atoms. The van der Waals surface area contributed by atoms with Crippen LogP contribution in [0.4, 0.5) is 0 Å². The topological polar surface area (TPSA) is 46.6 Å². The predicted octanol–water partition coefficient (Wildman–Crippen LogP) is 2.76. The van der Waals surface area contributed by atoms with Crippen LogP contribution in [0.2, 0.25) is 5.02 Å².